The maximum Gasteiger partial charge on any atom is 0.294 e. The van der Waals surface area contributed by atoms with E-state index in [-0.39, 0.29) is 42.7 Å². The number of rotatable bonds is 12. The quantitative estimate of drug-likeness (QED) is 0.172. The summed E-state index contributed by atoms with van der Waals surface area (Å²) in [7, 11) is 0. The van der Waals surface area contributed by atoms with Crippen LogP contribution in [-0.4, -0.2) is 57.6 Å². The Hall–Kier alpha value is -4.54. The van der Waals surface area contributed by atoms with Gasteiger partial charge in [0.1, 0.15) is 18.4 Å². The highest BCUT2D eigenvalue weighted by Gasteiger charge is 2.21. The van der Waals surface area contributed by atoms with Crippen molar-refractivity contribution in [3.8, 4) is 5.75 Å². The molecule has 11 nitrogen and oxygen atoms in total. The van der Waals surface area contributed by atoms with Gasteiger partial charge in [-0.2, -0.15) is 0 Å². The first-order valence-corrected chi connectivity index (χ1v) is 11.3. The van der Waals surface area contributed by atoms with Crippen molar-refractivity contribution in [3.05, 3.63) is 65.2 Å². The van der Waals surface area contributed by atoms with Crippen LogP contribution in [0.5, 0.6) is 5.75 Å². The lowest BCUT2D eigenvalue weighted by Gasteiger charge is -2.18. The minimum absolute atomic E-state index is 0.0249. The third-order valence-electron chi connectivity index (χ3n) is 5.51. The molecule has 0 bridgehead atoms. The van der Waals surface area contributed by atoms with E-state index >= 15 is 0 Å². The molecular formula is C25H28N6O5. The van der Waals surface area contributed by atoms with Crippen molar-refractivity contribution in [2.24, 2.45) is 5.16 Å². The average Bonchev–Trinajstić information content (AvgIpc) is 2.90. The molecule has 3 aromatic rings. The van der Waals surface area contributed by atoms with Crippen LogP contribution >= 0.6 is 0 Å². The Balaban J connectivity index is 1.60. The molecule has 0 saturated heterocycles. The van der Waals surface area contributed by atoms with E-state index in [1.54, 1.807) is 13.0 Å². The van der Waals surface area contributed by atoms with Gasteiger partial charge in [-0.3, -0.25) is 19.0 Å². The predicted octanol–water partition coefficient (Wildman–Crippen LogP) is 2.39. The number of nitrogens with one attached hydrogen (secondary N) is 3. The summed E-state index contributed by atoms with van der Waals surface area (Å²) in [5.74, 6) is -0.295. The summed E-state index contributed by atoms with van der Waals surface area (Å²) in [4.78, 5) is 42.0. The number of benzene rings is 2. The van der Waals surface area contributed by atoms with Gasteiger partial charge in [0, 0.05) is 17.8 Å². The molecule has 0 fully saturated rings. The number of anilines is 1. The number of nitrogens with zero attached hydrogens (tertiary/aromatic N) is 3. The first kappa shape index (κ1) is 26.1. The summed E-state index contributed by atoms with van der Waals surface area (Å²) in [6.07, 6.45) is 3.04. The molecule has 2 aromatic carbocycles. The molecule has 1 aromatic heterocycles. The van der Waals surface area contributed by atoms with Crippen LogP contribution in [0.15, 0.2) is 64.8 Å². The highest BCUT2D eigenvalue weighted by atomic mass is 16.5. The van der Waals surface area contributed by atoms with Gasteiger partial charge < -0.3 is 26.0 Å². The van der Waals surface area contributed by atoms with E-state index in [1.165, 1.54) is 23.9 Å². The van der Waals surface area contributed by atoms with E-state index in [0.717, 1.165) is 10.8 Å². The second-order valence-electron chi connectivity index (χ2n) is 7.95. The molecule has 36 heavy (non-hydrogen) atoms. The van der Waals surface area contributed by atoms with Gasteiger partial charge in [-0.1, -0.05) is 48.5 Å². The first-order chi connectivity index (χ1) is 17.3. The molecule has 3 rings (SSSR count). The number of carbonyl (C=O) groups is 2. The van der Waals surface area contributed by atoms with Crippen LogP contribution in [0.25, 0.3) is 10.8 Å². The molecule has 4 N–H and O–H groups in total. The summed E-state index contributed by atoms with van der Waals surface area (Å²) in [5, 5.41) is 26.7. The Morgan fingerprint density at radius 2 is 1.94 bits per heavy atom. The molecular weight excluding hydrogens is 464 g/mol. The number of carbonyl (C=O) groups excluding carboxylic acids is 2. The monoisotopic (exact) mass is 492 g/mol. The minimum Gasteiger partial charge on any atom is -0.485 e. The maximum atomic E-state index is 12.9. The van der Waals surface area contributed by atoms with Crippen LogP contribution in [0, 0.1) is 5.41 Å². The van der Waals surface area contributed by atoms with Gasteiger partial charge in [0.2, 0.25) is 5.91 Å². The van der Waals surface area contributed by atoms with Gasteiger partial charge in [-0.15, -0.1) is 0 Å². The molecule has 0 saturated carbocycles. The lowest BCUT2D eigenvalue weighted by molar-refractivity contribution is -0.128. The molecule has 1 heterocycles. The third-order valence-corrected chi connectivity index (χ3v) is 5.51. The lowest BCUT2D eigenvalue weighted by atomic mass is 10.1. The Bertz CT molecular complexity index is 1340. The van der Waals surface area contributed by atoms with Crippen LogP contribution in [-0.2, 0) is 9.59 Å². The zero-order valence-electron chi connectivity index (χ0n) is 20.0. The highest BCUT2D eigenvalue weighted by molar-refractivity contribution is 6.41. The summed E-state index contributed by atoms with van der Waals surface area (Å²) >= 11 is 0. The van der Waals surface area contributed by atoms with Crippen molar-refractivity contribution in [2.45, 2.75) is 26.3 Å². The Morgan fingerprint density at radius 3 is 2.69 bits per heavy atom. The van der Waals surface area contributed by atoms with Crippen molar-refractivity contribution >= 4 is 39.7 Å². The number of fused-ring (bicyclic) bond motifs is 1. The number of oxime groups is 1. The fraction of sp³-hybridized carbons (Fsp3) is 0.280. The smallest absolute Gasteiger partial charge is 0.294 e. The lowest BCUT2D eigenvalue weighted by Crippen LogP contribution is -2.40. The topological polar surface area (TPSA) is 159 Å². The Kier molecular flexibility index (Phi) is 8.87. The normalized spacial score (nSPS) is 12.1. The Morgan fingerprint density at radius 1 is 1.19 bits per heavy atom. The van der Waals surface area contributed by atoms with Gasteiger partial charge in [0.25, 0.3) is 5.56 Å². The van der Waals surface area contributed by atoms with Crippen molar-refractivity contribution in [2.75, 3.05) is 25.0 Å². The van der Waals surface area contributed by atoms with Crippen LogP contribution in [0.2, 0.25) is 0 Å². The zero-order chi connectivity index (χ0) is 26.1. The number of Topliss-reactive ketones (excluding diaryl/α,β-unsaturated/α-hetero) is 1. The van der Waals surface area contributed by atoms with Gasteiger partial charge in [-0.25, -0.2) is 4.98 Å². The largest absolute Gasteiger partial charge is 0.485 e. The second-order valence-corrected chi connectivity index (χ2v) is 7.95. The Labute approximate surface area is 207 Å². The van der Waals surface area contributed by atoms with Gasteiger partial charge in [0.15, 0.2) is 11.6 Å². The van der Waals surface area contributed by atoms with Crippen molar-refractivity contribution in [1.82, 2.24) is 14.9 Å². The van der Waals surface area contributed by atoms with Gasteiger partial charge in [0.05, 0.1) is 24.5 Å². The second kappa shape index (κ2) is 12.2. The van der Waals surface area contributed by atoms with E-state index in [9.17, 15) is 14.4 Å². The van der Waals surface area contributed by atoms with Gasteiger partial charge in [-0.05, 0) is 24.8 Å². The molecule has 0 spiro atoms. The molecule has 0 radical (unpaired) electrons. The maximum absolute atomic E-state index is 12.9. The summed E-state index contributed by atoms with van der Waals surface area (Å²) in [6.45, 7) is 2.65. The van der Waals surface area contributed by atoms with Crippen LogP contribution < -0.4 is 20.9 Å². The molecule has 1 atom stereocenters. The number of hydrogen-bond donors (Lipinski definition) is 4. The minimum atomic E-state index is -0.868. The molecule has 188 valence electrons. The number of ether oxygens (including phenoxy) is 1. The standard InChI is InChI=1S/C25H28N6O5/c1-3-21(31-12-11-27-23(25(31)34)28-14-20(26)16(2)30-35)24(33)29-13-18(32)15-36-22-10-6-8-17-7-4-5-9-19(17)22/h4-12,21,26,35H,3,13-15H2,1-2H3,(H,27,28)(H,29,33)/b26-20?,30-16-. The van der Waals surface area contributed by atoms with Crippen molar-refractivity contribution in [1.29, 1.82) is 5.41 Å². The van der Waals surface area contributed by atoms with Crippen LogP contribution in [0.3, 0.4) is 0 Å². The fourth-order valence-corrected chi connectivity index (χ4v) is 3.49. The highest BCUT2D eigenvalue weighted by Crippen LogP contribution is 2.25. The van der Waals surface area contributed by atoms with Crippen molar-refractivity contribution in [3.63, 3.8) is 0 Å². The first-order valence-electron chi connectivity index (χ1n) is 11.3. The number of amides is 1. The van der Waals surface area contributed by atoms with E-state index in [2.05, 4.69) is 20.8 Å². The molecule has 0 aliphatic carbocycles. The molecule has 0 aliphatic rings. The van der Waals surface area contributed by atoms with Crippen molar-refractivity contribution < 1.29 is 19.5 Å². The SMILES string of the molecule is CCC(C(=O)NCC(=O)COc1cccc2ccccc12)n1ccnc(NCC(=N)/C(C)=N\O)c1=O. The molecule has 11 heteroatoms. The third kappa shape index (κ3) is 6.32. The van der Waals surface area contributed by atoms with E-state index in [4.69, 9.17) is 15.4 Å². The molecule has 1 amide bonds. The summed E-state index contributed by atoms with van der Waals surface area (Å²) in [5.41, 5.74) is -0.488. The fourth-order valence-electron chi connectivity index (χ4n) is 3.49. The number of aromatic nitrogens is 2. The molecule has 0 aliphatic heterocycles. The molecule has 1 unspecified atom stereocenters. The van der Waals surface area contributed by atoms with E-state index in [0.29, 0.717) is 12.2 Å². The average molecular weight is 493 g/mol. The van der Waals surface area contributed by atoms with Gasteiger partial charge >= 0.3 is 0 Å². The zero-order valence-corrected chi connectivity index (χ0v) is 20.0. The summed E-state index contributed by atoms with van der Waals surface area (Å²) in [6, 6.07) is 12.4. The number of ketones is 1. The summed E-state index contributed by atoms with van der Waals surface area (Å²) < 4.78 is 6.90. The van der Waals surface area contributed by atoms with E-state index in [1.807, 2.05) is 36.4 Å². The van der Waals surface area contributed by atoms with Crippen LogP contribution in [0.4, 0.5) is 5.82 Å². The van der Waals surface area contributed by atoms with E-state index < -0.39 is 17.5 Å². The van der Waals surface area contributed by atoms with Crippen LogP contribution in [0.1, 0.15) is 26.3 Å². The number of hydrogen-bond acceptors (Lipinski definition) is 9. The predicted molar refractivity (Wildman–Crippen MR) is 136 cm³/mol.